The summed E-state index contributed by atoms with van der Waals surface area (Å²) in [7, 11) is 0. The molecule has 1 aromatic heterocycles. The van der Waals surface area contributed by atoms with E-state index in [0.29, 0.717) is 30.3 Å². The maximum atomic E-state index is 12.7. The van der Waals surface area contributed by atoms with Crippen LogP contribution in [0.25, 0.3) is 10.9 Å². The van der Waals surface area contributed by atoms with Gasteiger partial charge in [0.25, 0.3) is 5.56 Å². The SMILES string of the molecule is O=C([C@@H]1CCCN1C(=O)CCCn1c(=O)[nH]c2ccccc2c1=O)N1CCCC1. The molecule has 2 aliphatic rings. The third kappa shape index (κ3) is 3.83. The molecule has 154 valence electrons. The number of aromatic nitrogens is 2. The lowest BCUT2D eigenvalue weighted by molar-refractivity contribution is -0.143. The molecule has 8 nitrogen and oxygen atoms in total. The number of likely N-dealkylation sites (tertiary alicyclic amines) is 2. The summed E-state index contributed by atoms with van der Waals surface area (Å²) in [6, 6.07) is 6.52. The Morgan fingerprint density at radius 3 is 2.59 bits per heavy atom. The van der Waals surface area contributed by atoms with Gasteiger partial charge in [-0.15, -0.1) is 0 Å². The molecule has 3 heterocycles. The van der Waals surface area contributed by atoms with Gasteiger partial charge in [-0.25, -0.2) is 4.79 Å². The number of hydrogen-bond donors (Lipinski definition) is 1. The molecule has 2 saturated heterocycles. The van der Waals surface area contributed by atoms with Crippen LogP contribution in [-0.2, 0) is 16.1 Å². The summed E-state index contributed by atoms with van der Waals surface area (Å²) in [5.41, 5.74) is -0.306. The van der Waals surface area contributed by atoms with E-state index in [1.807, 2.05) is 4.90 Å². The van der Waals surface area contributed by atoms with Gasteiger partial charge in [0.1, 0.15) is 6.04 Å². The van der Waals surface area contributed by atoms with Gasteiger partial charge in [0.2, 0.25) is 11.8 Å². The van der Waals surface area contributed by atoms with Crippen molar-refractivity contribution in [1.82, 2.24) is 19.4 Å². The van der Waals surface area contributed by atoms with Crippen molar-refractivity contribution in [3.05, 3.63) is 45.1 Å². The zero-order valence-corrected chi connectivity index (χ0v) is 16.4. The lowest BCUT2D eigenvalue weighted by Gasteiger charge is -2.27. The molecule has 0 aliphatic carbocycles. The largest absolute Gasteiger partial charge is 0.341 e. The molecule has 2 amide bonds. The Morgan fingerprint density at radius 2 is 1.79 bits per heavy atom. The highest BCUT2D eigenvalue weighted by molar-refractivity contribution is 5.88. The first-order valence-electron chi connectivity index (χ1n) is 10.4. The van der Waals surface area contributed by atoms with Crippen LogP contribution < -0.4 is 11.2 Å². The molecule has 2 aliphatic heterocycles. The van der Waals surface area contributed by atoms with E-state index in [-0.39, 0.29) is 36.4 Å². The fraction of sp³-hybridized carbons (Fsp3) is 0.524. The number of aromatic amines is 1. The second-order valence-electron chi connectivity index (χ2n) is 7.81. The van der Waals surface area contributed by atoms with Crippen molar-refractivity contribution in [3.8, 4) is 0 Å². The van der Waals surface area contributed by atoms with E-state index >= 15 is 0 Å². The summed E-state index contributed by atoms with van der Waals surface area (Å²) < 4.78 is 1.15. The monoisotopic (exact) mass is 398 g/mol. The Morgan fingerprint density at radius 1 is 1.03 bits per heavy atom. The quantitative estimate of drug-likeness (QED) is 0.815. The van der Waals surface area contributed by atoms with Gasteiger partial charge in [-0.1, -0.05) is 12.1 Å². The number of nitrogens with zero attached hydrogens (tertiary/aromatic N) is 3. The van der Waals surface area contributed by atoms with Crippen LogP contribution in [0, 0.1) is 0 Å². The van der Waals surface area contributed by atoms with E-state index in [2.05, 4.69) is 4.98 Å². The zero-order valence-electron chi connectivity index (χ0n) is 16.4. The standard InChI is InChI=1S/C21H26N4O4/c26-18(24-13-5-9-17(24)20(28)23-11-3-4-12-23)10-6-14-25-19(27)15-7-1-2-8-16(15)22-21(25)29/h1-2,7-8,17H,3-6,9-14H2,(H,22,29)/t17-/m0/s1. The maximum Gasteiger partial charge on any atom is 0.328 e. The number of carbonyl (C=O) groups is 2. The molecule has 0 unspecified atom stereocenters. The number of carbonyl (C=O) groups excluding carboxylic acids is 2. The van der Waals surface area contributed by atoms with Crippen LogP contribution >= 0.6 is 0 Å². The molecule has 0 saturated carbocycles. The van der Waals surface area contributed by atoms with Crippen LogP contribution in [0.1, 0.15) is 38.5 Å². The second kappa shape index (κ2) is 8.23. The van der Waals surface area contributed by atoms with Gasteiger partial charge in [-0.3, -0.25) is 19.0 Å². The lowest BCUT2D eigenvalue weighted by Crippen LogP contribution is -2.47. The Kier molecular flexibility index (Phi) is 5.51. The Balaban J connectivity index is 1.40. The van der Waals surface area contributed by atoms with Crippen LogP contribution in [0.2, 0.25) is 0 Å². The minimum Gasteiger partial charge on any atom is -0.341 e. The zero-order chi connectivity index (χ0) is 20.4. The molecule has 0 bridgehead atoms. The number of hydrogen-bond acceptors (Lipinski definition) is 4. The normalized spacial score (nSPS) is 19.2. The summed E-state index contributed by atoms with van der Waals surface area (Å²) in [6.45, 7) is 2.33. The van der Waals surface area contributed by atoms with Crippen molar-refractivity contribution in [2.45, 2.75) is 51.1 Å². The molecule has 4 rings (SSSR count). The first-order chi connectivity index (χ1) is 14.1. The van der Waals surface area contributed by atoms with E-state index in [1.54, 1.807) is 29.2 Å². The molecule has 1 aromatic carbocycles. The third-order valence-corrected chi connectivity index (χ3v) is 5.94. The summed E-state index contributed by atoms with van der Waals surface area (Å²) in [4.78, 5) is 56.5. The summed E-state index contributed by atoms with van der Waals surface area (Å²) >= 11 is 0. The number of rotatable bonds is 5. The molecular weight excluding hydrogens is 372 g/mol. The van der Waals surface area contributed by atoms with E-state index in [4.69, 9.17) is 0 Å². The van der Waals surface area contributed by atoms with Gasteiger partial charge in [-0.2, -0.15) is 0 Å². The third-order valence-electron chi connectivity index (χ3n) is 5.94. The predicted octanol–water partition coefficient (Wildman–Crippen LogP) is 1.08. The first-order valence-corrected chi connectivity index (χ1v) is 10.4. The molecule has 1 N–H and O–H groups in total. The van der Waals surface area contributed by atoms with Gasteiger partial charge in [-0.05, 0) is 44.2 Å². The molecule has 2 aromatic rings. The number of H-pyrrole nitrogens is 1. The van der Waals surface area contributed by atoms with E-state index in [9.17, 15) is 19.2 Å². The van der Waals surface area contributed by atoms with E-state index in [1.165, 1.54) is 0 Å². The average molecular weight is 398 g/mol. The van der Waals surface area contributed by atoms with Crippen molar-refractivity contribution >= 4 is 22.7 Å². The van der Waals surface area contributed by atoms with Crippen molar-refractivity contribution in [2.24, 2.45) is 0 Å². The van der Waals surface area contributed by atoms with Crippen molar-refractivity contribution < 1.29 is 9.59 Å². The highest BCUT2D eigenvalue weighted by Gasteiger charge is 2.36. The van der Waals surface area contributed by atoms with Crippen LogP contribution in [0.3, 0.4) is 0 Å². The molecule has 0 radical (unpaired) electrons. The Bertz CT molecular complexity index is 1030. The fourth-order valence-electron chi connectivity index (χ4n) is 4.40. The topological polar surface area (TPSA) is 95.5 Å². The van der Waals surface area contributed by atoms with Crippen molar-refractivity contribution in [3.63, 3.8) is 0 Å². The number of fused-ring (bicyclic) bond motifs is 1. The molecular formula is C21H26N4O4. The molecule has 2 fully saturated rings. The van der Waals surface area contributed by atoms with Gasteiger partial charge < -0.3 is 14.8 Å². The van der Waals surface area contributed by atoms with Crippen LogP contribution in [-0.4, -0.2) is 56.8 Å². The maximum absolute atomic E-state index is 12.7. The first kappa shape index (κ1) is 19.4. The van der Waals surface area contributed by atoms with Crippen molar-refractivity contribution in [2.75, 3.05) is 19.6 Å². The average Bonchev–Trinajstić information content (AvgIpc) is 3.42. The van der Waals surface area contributed by atoms with Crippen LogP contribution in [0.15, 0.2) is 33.9 Å². The lowest BCUT2D eigenvalue weighted by atomic mass is 10.1. The number of benzene rings is 1. The van der Waals surface area contributed by atoms with Crippen molar-refractivity contribution in [1.29, 1.82) is 0 Å². The Labute approximate surface area is 168 Å². The number of para-hydroxylation sites is 1. The highest BCUT2D eigenvalue weighted by atomic mass is 16.2. The Hall–Kier alpha value is -2.90. The van der Waals surface area contributed by atoms with Gasteiger partial charge in [0.15, 0.2) is 0 Å². The fourth-order valence-corrected chi connectivity index (χ4v) is 4.40. The smallest absolute Gasteiger partial charge is 0.328 e. The predicted molar refractivity (Wildman–Crippen MR) is 109 cm³/mol. The van der Waals surface area contributed by atoms with Gasteiger partial charge in [0, 0.05) is 32.6 Å². The molecule has 0 spiro atoms. The van der Waals surface area contributed by atoms with E-state index in [0.717, 1.165) is 36.9 Å². The number of amides is 2. The minimum absolute atomic E-state index is 0.0653. The minimum atomic E-state index is -0.468. The molecule has 1 atom stereocenters. The molecule has 8 heteroatoms. The summed E-state index contributed by atoms with van der Waals surface area (Å²) in [6.07, 6.45) is 4.19. The molecule has 29 heavy (non-hydrogen) atoms. The summed E-state index contributed by atoms with van der Waals surface area (Å²) in [5.74, 6) is -0.0131. The second-order valence-corrected chi connectivity index (χ2v) is 7.81. The highest BCUT2D eigenvalue weighted by Crippen LogP contribution is 2.22. The number of nitrogens with one attached hydrogen (secondary N) is 1. The van der Waals surface area contributed by atoms with Crippen LogP contribution in [0.4, 0.5) is 0 Å². The van der Waals surface area contributed by atoms with Gasteiger partial charge in [0.05, 0.1) is 10.9 Å². The van der Waals surface area contributed by atoms with Crippen LogP contribution in [0.5, 0.6) is 0 Å². The van der Waals surface area contributed by atoms with E-state index < -0.39 is 5.69 Å². The summed E-state index contributed by atoms with van der Waals surface area (Å²) in [5, 5.41) is 0.453. The van der Waals surface area contributed by atoms with Gasteiger partial charge >= 0.3 is 5.69 Å².